The second-order valence-corrected chi connectivity index (χ2v) is 6.02. The Morgan fingerprint density at radius 3 is 2.67 bits per heavy atom. The number of piperidine rings is 1. The Morgan fingerprint density at radius 1 is 1.38 bits per heavy atom. The first-order chi connectivity index (χ1) is 9.98. The standard InChI is InChI=1S/C14H17BrF2N2O2/c1-21-8-14(2-4-18-5-3-14)13(20)19-12-7-10(16)9(15)6-11(12)17/h6-7,18H,2-5,8H2,1H3,(H,19,20). The van der Waals surface area contributed by atoms with Crippen LogP contribution < -0.4 is 10.6 Å². The molecule has 0 radical (unpaired) electrons. The first-order valence-electron chi connectivity index (χ1n) is 6.64. The third-order valence-electron chi connectivity index (χ3n) is 3.72. The highest BCUT2D eigenvalue weighted by atomic mass is 79.9. The maximum atomic E-state index is 13.8. The molecule has 7 heteroatoms. The molecule has 1 aromatic carbocycles. The topological polar surface area (TPSA) is 50.4 Å². The van der Waals surface area contributed by atoms with E-state index >= 15 is 0 Å². The van der Waals surface area contributed by atoms with Gasteiger partial charge in [0.1, 0.15) is 11.6 Å². The van der Waals surface area contributed by atoms with E-state index in [1.165, 1.54) is 7.11 Å². The van der Waals surface area contributed by atoms with E-state index in [-0.39, 0.29) is 22.7 Å². The molecule has 2 rings (SSSR count). The molecule has 1 saturated heterocycles. The van der Waals surface area contributed by atoms with Gasteiger partial charge < -0.3 is 15.4 Å². The van der Waals surface area contributed by atoms with Gasteiger partial charge in [0.05, 0.1) is 22.2 Å². The molecule has 0 spiro atoms. The van der Waals surface area contributed by atoms with Crippen LogP contribution in [-0.4, -0.2) is 32.7 Å². The van der Waals surface area contributed by atoms with E-state index in [2.05, 4.69) is 26.6 Å². The molecule has 1 fully saturated rings. The fourth-order valence-electron chi connectivity index (χ4n) is 2.49. The number of anilines is 1. The fourth-order valence-corrected chi connectivity index (χ4v) is 2.81. The maximum absolute atomic E-state index is 13.8. The molecular weight excluding hydrogens is 346 g/mol. The van der Waals surface area contributed by atoms with E-state index in [0.717, 1.165) is 12.1 Å². The summed E-state index contributed by atoms with van der Waals surface area (Å²) in [5.74, 6) is -1.65. The smallest absolute Gasteiger partial charge is 0.233 e. The number of carbonyl (C=O) groups excluding carboxylic acids is 1. The van der Waals surface area contributed by atoms with Crippen LogP contribution in [0.3, 0.4) is 0 Å². The maximum Gasteiger partial charge on any atom is 0.233 e. The predicted octanol–water partition coefficient (Wildman–Crippen LogP) is 2.68. The van der Waals surface area contributed by atoms with Gasteiger partial charge in [-0.1, -0.05) is 0 Å². The number of halogens is 3. The summed E-state index contributed by atoms with van der Waals surface area (Å²) in [7, 11) is 1.52. The summed E-state index contributed by atoms with van der Waals surface area (Å²) in [5.41, 5.74) is -0.870. The van der Waals surface area contributed by atoms with Crippen molar-refractivity contribution in [3.05, 3.63) is 28.2 Å². The Hall–Kier alpha value is -1.05. The van der Waals surface area contributed by atoms with E-state index in [0.29, 0.717) is 25.9 Å². The van der Waals surface area contributed by atoms with Crippen molar-refractivity contribution in [2.45, 2.75) is 12.8 Å². The first-order valence-corrected chi connectivity index (χ1v) is 7.43. The fraction of sp³-hybridized carbons (Fsp3) is 0.500. The van der Waals surface area contributed by atoms with Crippen LogP contribution in [0.25, 0.3) is 0 Å². The van der Waals surface area contributed by atoms with Gasteiger partial charge in [-0.05, 0) is 47.9 Å². The number of methoxy groups -OCH3 is 1. The van der Waals surface area contributed by atoms with Gasteiger partial charge in [-0.3, -0.25) is 4.79 Å². The van der Waals surface area contributed by atoms with E-state index in [9.17, 15) is 13.6 Å². The summed E-state index contributed by atoms with van der Waals surface area (Å²) in [6.07, 6.45) is 1.18. The minimum Gasteiger partial charge on any atom is -0.384 e. The van der Waals surface area contributed by atoms with Crippen molar-refractivity contribution in [1.82, 2.24) is 5.32 Å². The summed E-state index contributed by atoms with van der Waals surface area (Å²) in [6.45, 7) is 1.63. The Labute approximate surface area is 130 Å². The predicted molar refractivity (Wildman–Crippen MR) is 79.1 cm³/mol. The van der Waals surface area contributed by atoms with E-state index in [1.54, 1.807) is 0 Å². The lowest BCUT2D eigenvalue weighted by Crippen LogP contribution is -2.47. The van der Waals surface area contributed by atoms with Crippen molar-refractivity contribution in [3.63, 3.8) is 0 Å². The lowest BCUT2D eigenvalue weighted by Gasteiger charge is -2.35. The van der Waals surface area contributed by atoms with Crippen molar-refractivity contribution >= 4 is 27.5 Å². The van der Waals surface area contributed by atoms with Gasteiger partial charge in [0.2, 0.25) is 5.91 Å². The molecule has 0 atom stereocenters. The molecule has 1 aliphatic heterocycles. The van der Waals surface area contributed by atoms with Crippen LogP contribution in [0.4, 0.5) is 14.5 Å². The van der Waals surface area contributed by atoms with Crippen LogP contribution in [0, 0.1) is 17.0 Å². The average molecular weight is 363 g/mol. The third-order valence-corrected chi connectivity index (χ3v) is 4.33. The highest BCUT2D eigenvalue weighted by molar-refractivity contribution is 9.10. The van der Waals surface area contributed by atoms with E-state index < -0.39 is 17.0 Å². The highest BCUT2D eigenvalue weighted by Gasteiger charge is 2.40. The Kier molecular flexibility index (Phi) is 5.29. The number of nitrogens with one attached hydrogen (secondary N) is 2. The van der Waals surface area contributed by atoms with E-state index in [1.807, 2.05) is 0 Å². The lowest BCUT2D eigenvalue weighted by molar-refractivity contribution is -0.130. The first kappa shape index (κ1) is 16.3. The highest BCUT2D eigenvalue weighted by Crippen LogP contribution is 2.32. The molecule has 2 N–H and O–H groups in total. The largest absolute Gasteiger partial charge is 0.384 e. The molecule has 0 aromatic heterocycles. The lowest BCUT2D eigenvalue weighted by atomic mass is 9.78. The van der Waals surface area contributed by atoms with Crippen molar-refractivity contribution in [2.24, 2.45) is 5.41 Å². The van der Waals surface area contributed by atoms with Crippen LogP contribution in [-0.2, 0) is 9.53 Å². The van der Waals surface area contributed by atoms with Crippen LogP contribution in [0.5, 0.6) is 0 Å². The number of benzene rings is 1. The average Bonchev–Trinajstić information content (AvgIpc) is 2.46. The monoisotopic (exact) mass is 362 g/mol. The van der Waals surface area contributed by atoms with Crippen molar-refractivity contribution in [2.75, 3.05) is 32.1 Å². The Bertz CT molecular complexity index is 528. The van der Waals surface area contributed by atoms with Gasteiger partial charge in [-0.2, -0.15) is 0 Å². The van der Waals surface area contributed by atoms with Crippen molar-refractivity contribution in [3.8, 4) is 0 Å². The SMILES string of the molecule is COCC1(C(=O)Nc2cc(F)c(Br)cc2F)CCNCC1. The number of rotatable bonds is 4. The minimum atomic E-state index is -0.712. The molecular formula is C14H17BrF2N2O2. The van der Waals surface area contributed by atoms with Gasteiger partial charge in [0.15, 0.2) is 0 Å². The normalized spacial score (nSPS) is 17.5. The van der Waals surface area contributed by atoms with Gasteiger partial charge in [0, 0.05) is 13.2 Å². The quantitative estimate of drug-likeness (QED) is 0.809. The molecule has 0 saturated carbocycles. The summed E-state index contributed by atoms with van der Waals surface area (Å²) in [5, 5.41) is 5.66. The number of hydrogen-bond acceptors (Lipinski definition) is 3. The molecule has 0 bridgehead atoms. The van der Waals surface area contributed by atoms with Gasteiger partial charge in [-0.25, -0.2) is 8.78 Å². The van der Waals surface area contributed by atoms with E-state index in [4.69, 9.17) is 4.74 Å². The number of hydrogen-bond donors (Lipinski definition) is 2. The second-order valence-electron chi connectivity index (χ2n) is 5.16. The van der Waals surface area contributed by atoms with Crippen molar-refractivity contribution in [1.29, 1.82) is 0 Å². The van der Waals surface area contributed by atoms with Gasteiger partial charge in [0.25, 0.3) is 0 Å². The zero-order valence-electron chi connectivity index (χ0n) is 11.6. The molecule has 21 heavy (non-hydrogen) atoms. The van der Waals surface area contributed by atoms with Crippen molar-refractivity contribution < 1.29 is 18.3 Å². The second kappa shape index (κ2) is 6.81. The van der Waals surface area contributed by atoms with Crippen LogP contribution in [0.1, 0.15) is 12.8 Å². The third kappa shape index (κ3) is 3.59. The van der Waals surface area contributed by atoms with Gasteiger partial charge >= 0.3 is 0 Å². The molecule has 1 heterocycles. The number of carbonyl (C=O) groups is 1. The number of amides is 1. The molecule has 4 nitrogen and oxygen atoms in total. The Balaban J connectivity index is 2.21. The molecule has 0 unspecified atom stereocenters. The van der Waals surface area contributed by atoms with Crippen LogP contribution in [0.15, 0.2) is 16.6 Å². The zero-order chi connectivity index (χ0) is 15.5. The summed E-state index contributed by atoms with van der Waals surface area (Å²) in [6, 6.07) is 1.97. The molecule has 1 amide bonds. The summed E-state index contributed by atoms with van der Waals surface area (Å²) in [4.78, 5) is 12.5. The zero-order valence-corrected chi connectivity index (χ0v) is 13.2. The summed E-state index contributed by atoms with van der Waals surface area (Å²) < 4.78 is 32.5. The molecule has 0 aliphatic carbocycles. The minimum absolute atomic E-state index is 0.0199. The van der Waals surface area contributed by atoms with Crippen LogP contribution in [0.2, 0.25) is 0 Å². The molecule has 1 aromatic rings. The summed E-state index contributed by atoms with van der Waals surface area (Å²) >= 11 is 2.90. The van der Waals surface area contributed by atoms with Crippen LogP contribution >= 0.6 is 15.9 Å². The number of ether oxygens (including phenoxy) is 1. The Morgan fingerprint density at radius 2 is 2.05 bits per heavy atom. The molecule has 1 aliphatic rings. The van der Waals surface area contributed by atoms with Gasteiger partial charge in [-0.15, -0.1) is 0 Å². The molecule has 116 valence electrons.